The van der Waals surface area contributed by atoms with Crippen molar-refractivity contribution < 1.29 is 14.3 Å². The van der Waals surface area contributed by atoms with E-state index in [9.17, 15) is 14.4 Å². The summed E-state index contributed by atoms with van der Waals surface area (Å²) in [5.41, 5.74) is 2.22. The molecule has 37 heavy (non-hydrogen) atoms. The normalized spacial score (nSPS) is 20.6. The monoisotopic (exact) mass is 612 g/mol. The fraction of sp³-hybridized carbons (Fsp3) is 0.148. The summed E-state index contributed by atoms with van der Waals surface area (Å²) in [6.45, 7) is 0.292. The van der Waals surface area contributed by atoms with Gasteiger partial charge in [-0.25, -0.2) is 4.90 Å². The van der Waals surface area contributed by atoms with E-state index in [0.717, 1.165) is 31.8 Å². The molecule has 0 saturated carbocycles. The van der Waals surface area contributed by atoms with Gasteiger partial charge in [-0.2, -0.15) is 0 Å². The summed E-state index contributed by atoms with van der Waals surface area (Å²) in [4.78, 5) is 44.6. The minimum absolute atomic E-state index is 0.221. The molecule has 4 aromatic rings. The molecule has 6 rings (SSSR count). The number of amides is 2. The molecule has 2 amide bonds. The van der Waals surface area contributed by atoms with Crippen molar-refractivity contribution in [3.8, 4) is 5.75 Å². The lowest BCUT2D eigenvalue weighted by molar-refractivity contribution is -0.122. The molecule has 2 aliphatic rings. The van der Waals surface area contributed by atoms with E-state index in [-0.39, 0.29) is 16.7 Å². The van der Waals surface area contributed by atoms with E-state index < -0.39 is 17.1 Å². The Kier molecular flexibility index (Phi) is 6.48. The molecule has 6 nitrogen and oxygen atoms in total. The molecule has 10 heteroatoms. The van der Waals surface area contributed by atoms with Crippen molar-refractivity contribution in [3.05, 3.63) is 108 Å². The number of carbonyl (C=O) groups is 2. The zero-order valence-corrected chi connectivity index (χ0v) is 23.0. The second-order valence-electron chi connectivity index (χ2n) is 8.69. The van der Waals surface area contributed by atoms with Crippen molar-refractivity contribution in [2.24, 2.45) is 5.92 Å². The van der Waals surface area contributed by atoms with Crippen LogP contribution in [0.25, 0.3) is 0 Å². The zero-order valence-electron chi connectivity index (χ0n) is 19.0. The maximum Gasteiger partial charge on any atom is 0.305 e. The first-order valence-electron chi connectivity index (χ1n) is 11.4. The molecule has 0 bridgehead atoms. The Morgan fingerprint density at radius 2 is 1.73 bits per heavy atom. The van der Waals surface area contributed by atoms with Gasteiger partial charge >= 0.3 is 4.87 Å². The topological polar surface area (TPSA) is 79.5 Å². The van der Waals surface area contributed by atoms with Crippen LogP contribution in [-0.2, 0) is 16.2 Å². The number of anilines is 1. The maximum absolute atomic E-state index is 13.9. The number of carbonyl (C=O) groups excluding carboxylic acids is 2. The van der Waals surface area contributed by atoms with Gasteiger partial charge in [0.05, 0.1) is 16.6 Å². The Balaban J connectivity index is 1.44. The number of imide groups is 1. The number of rotatable bonds is 5. The number of halogens is 2. The standard InChI is InChI=1S/C27H18BrClN2O4S2/c28-15-8-11-19(35-13-14-6-9-16(29)10-7-14)18(12-15)20-21-23(36-24-22(20)37-27(34)30-24)26(33)31(25(21)32)17-4-2-1-3-5-17/h1-12,20-21,23H,13H2,(H,30,34)/t20-,21?,23?/m1/s1. The van der Waals surface area contributed by atoms with Crippen LogP contribution >= 0.6 is 50.6 Å². The number of ether oxygens (including phenoxy) is 1. The lowest BCUT2D eigenvalue weighted by Gasteiger charge is -2.31. The first kappa shape index (κ1) is 24.5. The molecular formula is C27H18BrClN2O4S2. The number of fused-ring (bicyclic) bond motifs is 2. The van der Waals surface area contributed by atoms with Crippen LogP contribution in [0.3, 0.4) is 0 Å². The minimum Gasteiger partial charge on any atom is -0.489 e. The van der Waals surface area contributed by atoms with Gasteiger partial charge in [-0.15, -0.1) is 0 Å². The van der Waals surface area contributed by atoms with E-state index >= 15 is 0 Å². The number of nitrogens with one attached hydrogen (secondary N) is 1. The van der Waals surface area contributed by atoms with E-state index in [4.69, 9.17) is 16.3 Å². The average Bonchev–Trinajstić information content (AvgIpc) is 3.39. The quantitative estimate of drug-likeness (QED) is 0.270. The Morgan fingerprint density at radius 1 is 0.973 bits per heavy atom. The molecule has 1 N–H and O–H groups in total. The summed E-state index contributed by atoms with van der Waals surface area (Å²) in [6, 6.07) is 22.0. The lowest BCUT2D eigenvalue weighted by Crippen LogP contribution is -2.32. The summed E-state index contributed by atoms with van der Waals surface area (Å²) in [6.07, 6.45) is 0. The highest BCUT2D eigenvalue weighted by atomic mass is 79.9. The number of para-hydroxylation sites is 1. The van der Waals surface area contributed by atoms with Crippen LogP contribution in [0.2, 0.25) is 5.02 Å². The second-order valence-corrected chi connectivity index (χ2v) is 12.2. The molecule has 1 aromatic heterocycles. The van der Waals surface area contributed by atoms with Crippen LogP contribution in [0, 0.1) is 5.92 Å². The number of hydrogen-bond acceptors (Lipinski definition) is 6. The van der Waals surface area contributed by atoms with Gasteiger partial charge in [-0.3, -0.25) is 14.4 Å². The number of thiazole rings is 1. The fourth-order valence-corrected chi connectivity index (χ4v) is 7.83. The average molecular weight is 614 g/mol. The summed E-state index contributed by atoms with van der Waals surface area (Å²) < 4.78 is 7.05. The molecule has 3 aromatic carbocycles. The van der Waals surface area contributed by atoms with Gasteiger partial charge < -0.3 is 9.72 Å². The SMILES string of the molecule is O=C1C2Sc3[nH]c(=O)sc3[C@H](c3cc(Br)ccc3OCc3ccc(Cl)cc3)C2C(=O)N1c1ccccc1. The van der Waals surface area contributed by atoms with E-state index in [0.29, 0.717) is 28.1 Å². The smallest absolute Gasteiger partial charge is 0.305 e. The highest BCUT2D eigenvalue weighted by molar-refractivity contribution is 9.10. The van der Waals surface area contributed by atoms with Gasteiger partial charge in [0.15, 0.2) is 0 Å². The minimum atomic E-state index is -0.691. The van der Waals surface area contributed by atoms with Crippen molar-refractivity contribution in [2.45, 2.75) is 22.8 Å². The number of aromatic nitrogens is 1. The van der Waals surface area contributed by atoms with Crippen LogP contribution in [0.4, 0.5) is 5.69 Å². The Morgan fingerprint density at radius 3 is 2.49 bits per heavy atom. The molecule has 0 aliphatic carbocycles. The highest BCUT2D eigenvalue weighted by Crippen LogP contribution is 2.54. The first-order valence-corrected chi connectivity index (χ1v) is 14.3. The molecule has 1 saturated heterocycles. The molecule has 3 heterocycles. The number of benzene rings is 3. The predicted octanol–water partition coefficient (Wildman–Crippen LogP) is 6.23. The van der Waals surface area contributed by atoms with Crippen LogP contribution < -0.4 is 14.5 Å². The molecule has 2 unspecified atom stereocenters. The van der Waals surface area contributed by atoms with Crippen LogP contribution in [-0.4, -0.2) is 22.0 Å². The number of H-pyrrole nitrogens is 1. The van der Waals surface area contributed by atoms with Gasteiger partial charge in [0.25, 0.3) is 0 Å². The molecule has 3 atom stereocenters. The third-order valence-electron chi connectivity index (χ3n) is 6.45. The van der Waals surface area contributed by atoms with Crippen molar-refractivity contribution in [1.29, 1.82) is 0 Å². The Hall–Kier alpha value is -2.85. The summed E-state index contributed by atoms with van der Waals surface area (Å²) in [5.74, 6) is -1.21. The van der Waals surface area contributed by atoms with Crippen LogP contribution in [0.15, 0.2) is 87.1 Å². The van der Waals surface area contributed by atoms with Gasteiger partial charge in [0.2, 0.25) is 11.8 Å². The molecule has 2 aliphatic heterocycles. The second kappa shape index (κ2) is 9.79. The molecular weight excluding hydrogens is 596 g/mol. The van der Waals surface area contributed by atoms with Gasteiger partial charge in [-0.05, 0) is 48.0 Å². The first-order chi connectivity index (χ1) is 17.9. The largest absolute Gasteiger partial charge is 0.489 e. The molecule has 0 spiro atoms. The fourth-order valence-electron chi connectivity index (χ4n) is 4.82. The number of nitrogens with zero attached hydrogens (tertiary/aromatic N) is 1. The third kappa shape index (κ3) is 4.44. The molecule has 1 fully saturated rings. The van der Waals surface area contributed by atoms with Crippen LogP contribution in [0.5, 0.6) is 5.75 Å². The number of hydrogen-bond donors (Lipinski definition) is 1. The molecule has 0 radical (unpaired) electrons. The molecule has 186 valence electrons. The number of thioether (sulfide) groups is 1. The summed E-state index contributed by atoms with van der Waals surface area (Å²) in [7, 11) is 0. The number of aromatic amines is 1. The van der Waals surface area contributed by atoms with Gasteiger partial charge in [0, 0.05) is 25.9 Å². The Labute approximate surface area is 233 Å². The van der Waals surface area contributed by atoms with Crippen molar-refractivity contribution in [2.75, 3.05) is 4.90 Å². The Bertz CT molecular complexity index is 1570. The maximum atomic E-state index is 13.9. The van der Waals surface area contributed by atoms with E-state index in [1.807, 2.05) is 36.4 Å². The van der Waals surface area contributed by atoms with Crippen molar-refractivity contribution in [1.82, 2.24) is 4.98 Å². The summed E-state index contributed by atoms with van der Waals surface area (Å²) >= 11 is 11.9. The zero-order chi connectivity index (χ0) is 25.7. The third-order valence-corrected chi connectivity index (χ3v) is 9.60. The van der Waals surface area contributed by atoms with Gasteiger partial charge in [-0.1, -0.05) is 81.0 Å². The predicted molar refractivity (Wildman–Crippen MR) is 149 cm³/mol. The van der Waals surface area contributed by atoms with Crippen molar-refractivity contribution in [3.63, 3.8) is 0 Å². The van der Waals surface area contributed by atoms with E-state index in [2.05, 4.69) is 20.9 Å². The van der Waals surface area contributed by atoms with Crippen LogP contribution in [0.1, 0.15) is 21.9 Å². The highest BCUT2D eigenvalue weighted by Gasteiger charge is 2.56. The van der Waals surface area contributed by atoms with Gasteiger partial charge in [0.1, 0.15) is 17.6 Å². The van der Waals surface area contributed by atoms with E-state index in [1.54, 1.807) is 36.4 Å². The van der Waals surface area contributed by atoms with E-state index in [1.165, 1.54) is 16.7 Å². The van der Waals surface area contributed by atoms with Crippen molar-refractivity contribution >= 4 is 68.1 Å². The summed E-state index contributed by atoms with van der Waals surface area (Å²) in [5, 5.41) is 0.598. The lowest BCUT2D eigenvalue weighted by atomic mass is 9.82.